The molecule has 1 aromatic carbocycles. The monoisotopic (exact) mass is 276 g/mol. The Morgan fingerprint density at radius 1 is 1.55 bits per heavy atom. The van der Waals surface area contributed by atoms with Crippen LogP contribution in [0.25, 0.3) is 0 Å². The van der Waals surface area contributed by atoms with Gasteiger partial charge in [0.25, 0.3) is 5.69 Å². The zero-order chi connectivity index (χ0) is 15.3. The SMILES string of the molecule is CC(C)CN(CC(N)=O)c1ccc(C#N)c([N+](=O)[O-])c1. The normalized spacial score (nSPS) is 10.1. The molecule has 0 atom stereocenters. The Morgan fingerprint density at radius 2 is 2.20 bits per heavy atom. The van der Waals surface area contributed by atoms with Crippen LogP contribution in [0.3, 0.4) is 0 Å². The van der Waals surface area contributed by atoms with Gasteiger partial charge in [-0.3, -0.25) is 14.9 Å². The predicted octanol–water partition coefficient (Wildman–Crippen LogP) is 1.41. The lowest BCUT2D eigenvalue weighted by atomic mass is 10.1. The summed E-state index contributed by atoms with van der Waals surface area (Å²) in [7, 11) is 0. The number of rotatable bonds is 6. The molecule has 0 aliphatic heterocycles. The molecule has 7 heteroatoms. The highest BCUT2D eigenvalue weighted by molar-refractivity contribution is 5.80. The van der Waals surface area contributed by atoms with Crippen LogP contribution in [0.4, 0.5) is 11.4 Å². The van der Waals surface area contributed by atoms with Crippen molar-refractivity contribution < 1.29 is 9.72 Å². The lowest BCUT2D eigenvalue weighted by molar-refractivity contribution is -0.385. The van der Waals surface area contributed by atoms with Crippen LogP contribution in [0, 0.1) is 27.4 Å². The second kappa shape index (κ2) is 6.52. The van der Waals surface area contributed by atoms with Gasteiger partial charge in [0.05, 0.1) is 11.5 Å². The van der Waals surface area contributed by atoms with Gasteiger partial charge in [0.15, 0.2) is 0 Å². The number of nitrogens with zero attached hydrogens (tertiary/aromatic N) is 3. The average Bonchev–Trinajstić information content (AvgIpc) is 2.36. The average molecular weight is 276 g/mol. The Hall–Kier alpha value is -2.62. The summed E-state index contributed by atoms with van der Waals surface area (Å²) in [5, 5.41) is 19.8. The van der Waals surface area contributed by atoms with E-state index in [1.807, 2.05) is 13.8 Å². The van der Waals surface area contributed by atoms with Crippen molar-refractivity contribution in [2.24, 2.45) is 11.7 Å². The molecule has 0 aliphatic rings. The number of nitriles is 1. The van der Waals surface area contributed by atoms with E-state index in [9.17, 15) is 14.9 Å². The summed E-state index contributed by atoms with van der Waals surface area (Å²) in [6.45, 7) is 4.44. The van der Waals surface area contributed by atoms with Crippen molar-refractivity contribution in [1.29, 1.82) is 5.26 Å². The maximum Gasteiger partial charge on any atom is 0.289 e. The molecule has 1 rings (SSSR count). The predicted molar refractivity (Wildman–Crippen MR) is 74.1 cm³/mol. The number of nitrogens with two attached hydrogens (primary N) is 1. The number of amides is 1. The highest BCUT2D eigenvalue weighted by atomic mass is 16.6. The minimum Gasteiger partial charge on any atom is -0.368 e. The van der Waals surface area contributed by atoms with E-state index in [4.69, 9.17) is 11.0 Å². The highest BCUT2D eigenvalue weighted by Crippen LogP contribution is 2.25. The van der Waals surface area contributed by atoms with Gasteiger partial charge < -0.3 is 10.6 Å². The van der Waals surface area contributed by atoms with Crippen molar-refractivity contribution in [3.63, 3.8) is 0 Å². The van der Waals surface area contributed by atoms with E-state index in [0.717, 1.165) is 0 Å². The van der Waals surface area contributed by atoms with Crippen LogP contribution in [-0.4, -0.2) is 23.9 Å². The molecule has 0 bridgehead atoms. The van der Waals surface area contributed by atoms with Crippen LogP contribution in [0.1, 0.15) is 19.4 Å². The van der Waals surface area contributed by atoms with Gasteiger partial charge in [-0.2, -0.15) is 5.26 Å². The van der Waals surface area contributed by atoms with Crippen molar-refractivity contribution in [1.82, 2.24) is 0 Å². The number of anilines is 1. The Bertz CT molecular complexity index is 563. The number of carbonyl (C=O) groups excluding carboxylic acids is 1. The van der Waals surface area contributed by atoms with Crippen LogP contribution in [0.15, 0.2) is 18.2 Å². The molecule has 0 spiro atoms. The fourth-order valence-electron chi connectivity index (χ4n) is 1.85. The fraction of sp³-hybridized carbons (Fsp3) is 0.385. The van der Waals surface area contributed by atoms with E-state index in [1.54, 1.807) is 17.0 Å². The van der Waals surface area contributed by atoms with Gasteiger partial charge in [-0.15, -0.1) is 0 Å². The smallest absolute Gasteiger partial charge is 0.289 e. The van der Waals surface area contributed by atoms with Crippen LogP contribution < -0.4 is 10.6 Å². The molecule has 20 heavy (non-hydrogen) atoms. The van der Waals surface area contributed by atoms with Gasteiger partial charge in [0.1, 0.15) is 11.6 Å². The standard InChI is InChI=1S/C13H16N4O3/c1-9(2)7-16(8-13(15)18)11-4-3-10(6-14)12(5-11)17(19)20/h3-5,9H,7-8H2,1-2H3,(H2,15,18). The zero-order valence-electron chi connectivity index (χ0n) is 11.4. The minimum atomic E-state index is -0.611. The van der Waals surface area contributed by atoms with Crippen LogP contribution >= 0.6 is 0 Å². The second-order valence-corrected chi connectivity index (χ2v) is 4.81. The van der Waals surface area contributed by atoms with E-state index < -0.39 is 10.8 Å². The van der Waals surface area contributed by atoms with Gasteiger partial charge in [0.2, 0.25) is 5.91 Å². The number of primary amides is 1. The fourth-order valence-corrected chi connectivity index (χ4v) is 1.85. The summed E-state index contributed by atoms with van der Waals surface area (Å²) >= 11 is 0. The van der Waals surface area contributed by atoms with E-state index in [2.05, 4.69) is 0 Å². The third-order valence-corrected chi connectivity index (χ3v) is 2.60. The quantitative estimate of drug-likeness (QED) is 0.623. The first kappa shape index (κ1) is 15.4. The summed E-state index contributed by atoms with van der Waals surface area (Å²) < 4.78 is 0. The largest absolute Gasteiger partial charge is 0.368 e. The first-order chi connectivity index (χ1) is 9.35. The Kier molecular flexibility index (Phi) is 5.03. The molecule has 0 saturated heterocycles. The summed E-state index contributed by atoms with van der Waals surface area (Å²) in [6.07, 6.45) is 0. The first-order valence-electron chi connectivity index (χ1n) is 6.07. The van der Waals surface area contributed by atoms with Crippen molar-refractivity contribution in [2.75, 3.05) is 18.0 Å². The van der Waals surface area contributed by atoms with Gasteiger partial charge in [0, 0.05) is 18.3 Å². The summed E-state index contributed by atoms with van der Waals surface area (Å²) in [6, 6.07) is 6.03. The first-order valence-corrected chi connectivity index (χ1v) is 6.07. The number of nitro benzene ring substituents is 1. The van der Waals surface area contributed by atoms with E-state index >= 15 is 0 Å². The molecule has 0 aliphatic carbocycles. The van der Waals surface area contributed by atoms with Crippen molar-refractivity contribution in [2.45, 2.75) is 13.8 Å². The second-order valence-electron chi connectivity index (χ2n) is 4.81. The van der Waals surface area contributed by atoms with Gasteiger partial charge in [-0.05, 0) is 18.1 Å². The summed E-state index contributed by atoms with van der Waals surface area (Å²) in [4.78, 5) is 23.1. The van der Waals surface area contributed by atoms with Crippen LogP contribution in [-0.2, 0) is 4.79 Å². The minimum absolute atomic E-state index is 0.0117. The number of hydrogen-bond donors (Lipinski definition) is 1. The summed E-state index contributed by atoms with van der Waals surface area (Å²) in [5.74, 6) is -0.262. The van der Waals surface area contributed by atoms with Gasteiger partial charge in [-0.1, -0.05) is 13.8 Å². The molecule has 0 fully saturated rings. The molecule has 0 heterocycles. The number of benzene rings is 1. The zero-order valence-corrected chi connectivity index (χ0v) is 11.4. The van der Waals surface area contributed by atoms with Crippen LogP contribution in [0.2, 0.25) is 0 Å². The van der Waals surface area contributed by atoms with Crippen molar-refractivity contribution >= 4 is 17.3 Å². The van der Waals surface area contributed by atoms with Gasteiger partial charge in [-0.25, -0.2) is 0 Å². The van der Waals surface area contributed by atoms with Crippen LogP contribution in [0.5, 0.6) is 0 Å². The molecule has 0 saturated carbocycles. The molecule has 106 valence electrons. The topological polar surface area (TPSA) is 113 Å². The number of nitro groups is 1. The van der Waals surface area contributed by atoms with Gasteiger partial charge >= 0.3 is 0 Å². The van der Waals surface area contributed by atoms with E-state index in [1.165, 1.54) is 12.1 Å². The lowest BCUT2D eigenvalue weighted by Gasteiger charge is -2.25. The third-order valence-electron chi connectivity index (χ3n) is 2.60. The van der Waals surface area contributed by atoms with Crippen molar-refractivity contribution in [3.8, 4) is 6.07 Å². The maximum atomic E-state index is 11.1. The third kappa shape index (κ3) is 3.95. The maximum absolute atomic E-state index is 11.1. The number of carbonyl (C=O) groups is 1. The molecular formula is C13H16N4O3. The van der Waals surface area contributed by atoms with E-state index in [-0.39, 0.29) is 23.7 Å². The molecule has 0 radical (unpaired) electrons. The molecule has 1 aromatic rings. The Labute approximate surface area is 116 Å². The number of hydrogen-bond acceptors (Lipinski definition) is 5. The lowest BCUT2D eigenvalue weighted by Crippen LogP contribution is -2.36. The van der Waals surface area contributed by atoms with Crippen molar-refractivity contribution in [3.05, 3.63) is 33.9 Å². The molecule has 7 nitrogen and oxygen atoms in total. The Balaban J connectivity index is 3.20. The molecule has 0 aromatic heterocycles. The molecular weight excluding hydrogens is 260 g/mol. The molecule has 0 unspecified atom stereocenters. The Morgan fingerprint density at radius 3 is 2.65 bits per heavy atom. The summed E-state index contributed by atoms with van der Waals surface area (Å²) in [5.41, 5.74) is 5.41. The molecule has 2 N–H and O–H groups in total. The highest BCUT2D eigenvalue weighted by Gasteiger charge is 2.18. The molecule has 1 amide bonds. The van der Waals surface area contributed by atoms with E-state index in [0.29, 0.717) is 12.2 Å².